The van der Waals surface area contributed by atoms with Crippen LogP contribution >= 0.6 is 45.8 Å². The molecule has 3 rings (SSSR count). The zero-order valence-corrected chi connectivity index (χ0v) is 13.8. The van der Waals surface area contributed by atoms with Crippen LogP contribution in [-0.2, 0) is 0 Å². The lowest BCUT2D eigenvalue weighted by Crippen LogP contribution is -1.89. The summed E-state index contributed by atoms with van der Waals surface area (Å²) in [7, 11) is 0. The minimum absolute atomic E-state index is 0.318. The second kappa shape index (κ2) is 5.45. The Morgan fingerprint density at radius 3 is 2.33 bits per heavy atom. The predicted molar refractivity (Wildman–Crippen MR) is 86.8 cm³/mol. The fourth-order valence-electron chi connectivity index (χ4n) is 1.77. The molecule has 3 aromatic heterocycles. The smallest absolute Gasteiger partial charge is 0.345 e. The number of fused-ring (bicyclic) bond motifs is 1. The molecule has 0 radical (unpaired) electrons. The summed E-state index contributed by atoms with van der Waals surface area (Å²) in [6, 6.07) is 3.35. The molecule has 0 fully saturated rings. The fraction of sp³-hybridized carbons (Fsp3) is 0.0769. The predicted octanol–water partition coefficient (Wildman–Crippen LogP) is 4.88. The Hall–Kier alpha value is -1.35. The molecular formula is C13H8O4S4. The molecule has 0 amide bonds. The van der Waals surface area contributed by atoms with Crippen LogP contribution < -0.4 is 0 Å². The van der Waals surface area contributed by atoms with Gasteiger partial charge in [0, 0.05) is 24.7 Å². The van der Waals surface area contributed by atoms with Gasteiger partial charge in [-0.2, -0.15) is 0 Å². The Morgan fingerprint density at radius 2 is 1.71 bits per heavy atom. The lowest BCUT2D eigenvalue weighted by molar-refractivity contribution is 0.0691. The van der Waals surface area contributed by atoms with E-state index in [0.29, 0.717) is 9.75 Å². The van der Waals surface area contributed by atoms with E-state index in [1.807, 2.05) is 12.3 Å². The van der Waals surface area contributed by atoms with Crippen molar-refractivity contribution in [1.29, 1.82) is 0 Å². The number of carboxylic acids is 2. The SMILES string of the molecule is Cc1sc(C(=O)O)cc1Sc1csc2cc(C(=O)O)sc12. The number of aryl methyl sites for hydroxylation is 1. The number of aromatic carboxylic acids is 2. The van der Waals surface area contributed by atoms with E-state index < -0.39 is 11.9 Å². The van der Waals surface area contributed by atoms with Gasteiger partial charge >= 0.3 is 11.9 Å². The molecule has 0 spiro atoms. The maximum atomic E-state index is 11.0. The molecule has 0 aromatic carbocycles. The molecule has 0 aliphatic heterocycles. The van der Waals surface area contributed by atoms with Gasteiger partial charge in [0.1, 0.15) is 9.75 Å². The summed E-state index contributed by atoms with van der Waals surface area (Å²) in [4.78, 5) is 25.5. The van der Waals surface area contributed by atoms with Crippen LogP contribution in [0.25, 0.3) is 9.40 Å². The Bertz CT molecular complexity index is 855. The molecule has 0 saturated heterocycles. The summed E-state index contributed by atoms with van der Waals surface area (Å²) < 4.78 is 1.90. The fourth-order valence-corrected chi connectivity index (χ4v) is 6.24. The van der Waals surface area contributed by atoms with Crippen LogP contribution in [0.2, 0.25) is 0 Å². The van der Waals surface area contributed by atoms with Crippen LogP contribution in [0.4, 0.5) is 0 Å². The molecule has 8 heteroatoms. The van der Waals surface area contributed by atoms with Crippen molar-refractivity contribution >= 4 is 67.1 Å². The van der Waals surface area contributed by atoms with Gasteiger partial charge in [-0.05, 0) is 19.1 Å². The van der Waals surface area contributed by atoms with E-state index in [1.54, 1.807) is 12.1 Å². The van der Waals surface area contributed by atoms with E-state index in [1.165, 1.54) is 45.8 Å². The van der Waals surface area contributed by atoms with E-state index in [2.05, 4.69) is 0 Å². The van der Waals surface area contributed by atoms with Crippen LogP contribution in [0.5, 0.6) is 0 Å². The molecule has 21 heavy (non-hydrogen) atoms. The standard InChI is InChI=1S/C13H8O4S4/c1-5-6(2-8(19-5)12(14)15)20-10-4-18-7-3-9(13(16)17)21-11(7)10/h2-4H,1H3,(H,14,15)(H,16,17). The molecule has 3 heterocycles. The van der Waals surface area contributed by atoms with Crippen molar-refractivity contribution in [3.8, 4) is 0 Å². The van der Waals surface area contributed by atoms with Crippen LogP contribution in [-0.4, -0.2) is 22.2 Å². The Balaban J connectivity index is 1.98. The molecule has 4 nitrogen and oxygen atoms in total. The van der Waals surface area contributed by atoms with Gasteiger partial charge in [0.2, 0.25) is 0 Å². The highest BCUT2D eigenvalue weighted by molar-refractivity contribution is 8.00. The third kappa shape index (κ3) is 2.71. The van der Waals surface area contributed by atoms with Crippen molar-refractivity contribution in [1.82, 2.24) is 0 Å². The van der Waals surface area contributed by atoms with Crippen molar-refractivity contribution < 1.29 is 19.8 Å². The van der Waals surface area contributed by atoms with Crippen molar-refractivity contribution in [3.63, 3.8) is 0 Å². The normalized spacial score (nSPS) is 11.1. The van der Waals surface area contributed by atoms with Crippen LogP contribution in [0.1, 0.15) is 24.2 Å². The lowest BCUT2D eigenvalue weighted by Gasteiger charge is -1.96. The molecular weight excluding hydrogens is 348 g/mol. The largest absolute Gasteiger partial charge is 0.477 e. The van der Waals surface area contributed by atoms with E-state index in [4.69, 9.17) is 10.2 Å². The number of carboxylic acid groups (broad SMARTS) is 2. The first-order chi connectivity index (χ1) is 9.95. The Morgan fingerprint density at radius 1 is 1.05 bits per heavy atom. The quantitative estimate of drug-likeness (QED) is 0.697. The zero-order chi connectivity index (χ0) is 15.1. The summed E-state index contributed by atoms with van der Waals surface area (Å²) in [5.41, 5.74) is 0. The van der Waals surface area contributed by atoms with Crippen LogP contribution in [0, 0.1) is 6.92 Å². The maximum absolute atomic E-state index is 11.0. The van der Waals surface area contributed by atoms with Gasteiger partial charge in [0.05, 0.1) is 4.70 Å². The molecule has 0 saturated carbocycles. The number of carbonyl (C=O) groups is 2. The van der Waals surface area contributed by atoms with Gasteiger partial charge in [0.25, 0.3) is 0 Å². The Kier molecular flexibility index (Phi) is 3.78. The molecule has 0 atom stereocenters. The first kappa shape index (κ1) is 14.6. The third-order valence-electron chi connectivity index (χ3n) is 2.73. The van der Waals surface area contributed by atoms with Crippen molar-refractivity contribution in [2.24, 2.45) is 0 Å². The van der Waals surface area contributed by atoms with Gasteiger partial charge in [-0.1, -0.05) is 11.8 Å². The molecule has 2 N–H and O–H groups in total. The average molecular weight is 356 g/mol. The van der Waals surface area contributed by atoms with Crippen LogP contribution in [0.3, 0.4) is 0 Å². The van der Waals surface area contributed by atoms with Gasteiger partial charge in [-0.3, -0.25) is 0 Å². The molecule has 108 valence electrons. The molecule has 3 aromatic rings. The van der Waals surface area contributed by atoms with Gasteiger partial charge in [0.15, 0.2) is 0 Å². The minimum Gasteiger partial charge on any atom is -0.477 e. The topological polar surface area (TPSA) is 74.6 Å². The van der Waals surface area contributed by atoms with Crippen molar-refractivity contribution in [2.75, 3.05) is 0 Å². The number of hydrogen-bond donors (Lipinski definition) is 2. The van der Waals surface area contributed by atoms with E-state index in [0.717, 1.165) is 24.1 Å². The summed E-state index contributed by atoms with van der Waals surface area (Å²) in [5.74, 6) is -1.84. The number of thiophene rings is 3. The average Bonchev–Trinajstić information content (AvgIpc) is 3.06. The first-order valence-electron chi connectivity index (χ1n) is 5.71. The molecule has 0 aliphatic rings. The van der Waals surface area contributed by atoms with E-state index >= 15 is 0 Å². The van der Waals surface area contributed by atoms with Crippen molar-refractivity contribution in [2.45, 2.75) is 16.7 Å². The number of hydrogen-bond acceptors (Lipinski definition) is 6. The summed E-state index contributed by atoms with van der Waals surface area (Å²) >= 11 is 5.50. The highest BCUT2D eigenvalue weighted by Gasteiger charge is 2.17. The van der Waals surface area contributed by atoms with Gasteiger partial charge in [-0.25, -0.2) is 9.59 Å². The lowest BCUT2D eigenvalue weighted by atomic mass is 10.4. The summed E-state index contributed by atoms with van der Waals surface area (Å²) in [6.45, 7) is 1.89. The van der Waals surface area contributed by atoms with Gasteiger partial charge < -0.3 is 10.2 Å². The first-order valence-corrected chi connectivity index (χ1v) is 9.04. The monoisotopic (exact) mass is 356 g/mol. The summed E-state index contributed by atoms with van der Waals surface area (Å²) in [5, 5.41) is 20.0. The maximum Gasteiger partial charge on any atom is 0.345 e. The summed E-state index contributed by atoms with van der Waals surface area (Å²) in [6.07, 6.45) is 0. The van der Waals surface area contributed by atoms with E-state index in [9.17, 15) is 9.59 Å². The molecule has 0 unspecified atom stereocenters. The molecule has 0 aliphatic carbocycles. The van der Waals surface area contributed by atoms with Crippen LogP contribution in [0.15, 0.2) is 27.3 Å². The molecule has 0 bridgehead atoms. The second-order valence-corrected chi connectivity index (χ2v) is 8.45. The second-order valence-electron chi connectivity index (χ2n) is 4.15. The van der Waals surface area contributed by atoms with E-state index in [-0.39, 0.29) is 0 Å². The Labute approximate surface area is 135 Å². The minimum atomic E-state index is -0.922. The van der Waals surface area contributed by atoms with Gasteiger partial charge in [-0.15, -0.1) is 34.0 Å². The third-order valence-corrected chi connectivity index (χ3v) is 7.58. The highest BCUT2D eigenvalue weighted by Crippen LogP contribution is 2.44. The zero-order valence-electron chi connectivity index (χ0n) is 10.6. The number of rotatable bonds is 4. The highest BCUT2D eigenvalue weighted by atomic mass is 32.2. The van der Waals surface area contributed by atoms with Crippen molar-refractivity contribution in [3.05, 3.63) is 32.1 Å².